The van der Waals surface area contributed by atoms with Crippen LogP contribution >= 0.6 is 0 Å². The molecule has 1 aromatic carbocycles. The molecule has 2 amide bonds. The van der Waals surface area contributed by atoms with E-state index < -0.39 is 29.8 Å². The van der Waals surface area contributed by atoms with Crippen LogP contribution in [0.1, 0.15) is 50.1 Å². The number of nitrogens with zero attached hydrogens (tertiary/aromatic N) is 3. The van der Waals surface area contributed by atoms with Crippen molar-refractivity contribution in [2.24, 2.45) is 10.2 Å². The van der Waals surface area contributed by atoms with E-state index in [9.17, 15) is 22.8 Å². The normalized spacial score (nSPS) is 21.5. The number of rotatable bonds is 8. The zero-order chi connectivity index (χ0) is 23.4. The van der Waals surface area contributed by atoms with E-state index >= 15 is 0 Å². The number of likely N-dealkylation sites (tertiary alicyclic amines) is 1. The first kappa shape index (κ1) is 23.6. The molecule has 0 aromatic heterocycles. The van der Waals surface area contributed by atoms with Crippen LogP contribution in [0.3, 0.4) is 0 Å². The summed E-state index contributed by atoms with van der Waals surface area (Å²) < 4.78 is 44.2. The molecule has 2 aliphatic heterocycles. The van der Waals surface area contributed by atoms with Crippen LogP contribution in [-0.2, 0) is 9.59 Å². The first-order chi connectivity index (χ1) is 15.2. The van der Waals surface area contributed by atoms with E-state index in [-0.39, 0.29) is 12.3 Å². The van der Waals surface area contributed by atoms with Crippen molar-refractivity contribution < 1.29 is 27.5 Å². The maximum absolute atomic E-state index is 13.2. The van der Waals surface area contributed by atoms with Gasteiger partial charge in [-0.05, 0) is 18.9 Å². The maximum atomic E-state index is 13.2. The predicted molar refractivity (Wildman–Crippen MR) is 110 cm³/mol. The molecular weight excluding hydrogens is 425 g/mol. The van der Waals surface area contributed by atoms with Gasteiger partial charge in [0.1, 0.15) is 5.75 Å². The smallest absolute Gasteiger partial charge is 0.471 e. The summed E-state index contributed by atoms with van der Waals surface area (Å²) in [5.41, 5.74) is -0.0971. The molecular formula is C22H25F3N4O3. The SMILES string of the molecule is C#CCCC1(CCC(=O)N2CCC[C@@H](NC(=O)C(F)(F)F)[C@H]2c2ccccc2OC)N=N1. The van der Waals surface area contributed by atoms with Crippen molar-refractivity contribution in [3.05, 3.63) is 29.8 Å². The van der Waals surface area contributed by atoms with Crippen molar-refractivity contribution in [2.75, 3.05) is 13.7 Å². The van der Waals surface area contributed by atoms with Gasteiger partial charge in [0.05, 0.1) is 19.2 Å². The van der Waals surface area contributed by atoms with Gasteiger partial charge in [-0.3, -0.25) is 9.59 Å². The van der Waals surface area contributed by atoms with Crippen molar-refractivity contribution >= 4 is 11.8 Å². The fourth-order valence-corrected chi connectivity index (χ4v) is 4.09. The zero-order valence-corrected chi connectivity index (χ0v) is 17.7. The molecule has 172 valence electrons. The number of hydrogen-bond acceptors (Lipinski definition) is 5. The number of amides is 2. The van der Waals surface area contributed by atoms with Gasteiger partial charge in [0.25, 0.3) is 0 Å². The lowest BCUT2D eigenvalue weighted by Crippen LogP contribution is -2.54. The lowest BCUT2D eigenvalue weighted by Gasteiger charge is -2.42. The van der Waals surface area contributed by atoms with Gasteiger partial charge in [-0.2, -0.15) is 23.4 Å². The lowest BCUT2D eigenvalue weighted by molar-refractivity contribution is -0.175. The topological polar surface area (TPSA) is 83.4 Å². The number of carbonyl (C=O) groups excluding carboxylic acids is 2. The molecule has 1 N–H and O–H groups in total. The highest BCUT2D eigenvalue weighted by Gasteiger charge is 2.45. The Bertz CT molecular complexity index is 920. The second-order valence-electron chi connectivity index (χ2n) is 7.88. The molecule has 1 saturated heterocycles. The van der Waals surface area contributed by atoms with Crippen molar-refractivity contribution in [2.45, 2.75) is 62.4 Å². The fraction of sp³-hybridized carbons (Fsp3) is 0.545. The molecule has 2 aliphatic rings. The molecule has 0 bridgehead atoms. The maximum Gasteiger partial charge on any atom is 0.471 e. The van der Waals surface area contributed by atoms with Crippen molar-refractivity contribution in [3.8, 4) is 18.1 Å². The summed E-state index contributed by atoms with van der Waals surface area (Å²) in [6, 6.07) is 5.10. The molecule has 7 nitrogen and oxygen atoms in total. The lowest BCUT2D eigenvalue weighted by atomic mass is 9.88. The molecule has 2 heterocycles. The van der Waals surface area contributed by atoms with E-state index in [0.29, 0.717) is 50.0 Å². The minimum Gasteiger partial charge on any atom is -0.496 e. The highest BCUT2D eigenvalue weighted by Crippen LogP contribution is 2.40. The highest BCUT2D eigenvalue weighted by atomic mass is 19.4. The summed E-state index contributed by atoms with van der Waals surface area (Å²) in [6.45, 7) is 0.353. The molecule has 1 fully saturated rings. The number of halogens is 3. The van der Waals surface area contributed by atoms with E-state index in [0.717, 1.165) is 0 Å². The molecule has 10 heteroatoms. The Morgan fingerprint density at radius 1 is 1.31 bits per heavy atom. The number of para-hydroxylation sites is 1. The minimum absolute atomic E-state index is 0.114. The van der Waals surface area contributed by atoms with Crippen LogP contribution < -0.4 is 10.1 Å². The molecule has 0 unspecified atom stereocenters. The quantitative estimate of drug-likeness (QED) is 0.612. The number of carbonyl (C=O) groups is 2. The Kier molecular flexibility index (Phi) is 7.06. The van der Waals surface area contributed by atoms with Gasteiger partial charge in [-0.1, -0.05) is 18.2 Å². The molecule has 3 rings (SSSR count). The Morgan fingerprint density at radius 3 is 2.66 bits per heavy atom. The predicted octanol–water partition coefficient (Wildman–Crippen LogP) is 3.76. The summed E-state index contributed by atoms with van der Waals surface area (Å²) in [4.78, 5) is 26.4. The Hall–Kier alpha value is -3.09. The van der Waals surface area contributed by atoms with E-state index in [4.69, 9.17) is 11.2 Å². The van der Waals surface area contributed by atoms with E-state index in [2.05, 4.69) is 21.5 Å². The molecule has 0 saturated carbocycles. The summed E-state index contributed by atoms with van der Waals surface area (Å²) in [5.74, 6) is 0.689. The number of hydrogen-bond donors (Lipinski definition) is 1. The van der Waals surface area contributed by atoms with Gasteiger partial charge in [-0.15, -0.1) is 12.3 Å². The third-order valence-electron chi connectivity index (χ3n) is 5.77. The van der Waals surface area contributed by atoms with Crippen LogP contribution in [0, 0.1) is 12.3 Å². The van der Waals surface area contributed by atoms with E-state index in [1.54, 1.807) is 24.3 Å². The molecule has 2 atom stereocenters. The zero-order valence-electron chi connectivity index (χ0n) is 17.7. The highest BCUT2D eigenvalue weighted by molar-refractivity contribution is 5.82. The second kappa shape index (κ2) is 9.59. The average molecular weight is 450 g/mol. The van der Waals surface area contributed by atoms with Crippen LogP contribution in [0.15, 0.2) is 34.5 Å². The van der Waals surface area contributed by atoms with Crippen LogP contribution in [0.5, 0.6) is 5.75 Å². The second-order valence-corrected chi connectivity index (χ2v) is 7.88. The Labute approximate surface area is 184 Å². The van der Waals surface area contributed by atoms with Gasteiger partial charge < -0.3 is 15.0 Å². The number of alkyl halides is 3. The number of terminal acetylenes is 1. The molecule has 0 aliphatic carbocycles. The van der Waals surface area contributed by atoms with Crippen LogP contribution in [0.2, 0.25) is 0 Å². The monoisotopic (exact) mass is 450 g/mol. The first-order valence-electron chi connectivity index (χ1n) is 10.4. The molecule has 1 aromatic rings. The summed E-state index contributed by atoms with van der Waals surface area (Å²) in [6.07, 6.45) is 2.56. The third kappa shape index (κ3) is 5.39. The number of nitrogens with one attached hydrogen (secondary N) is 1. The molecule has 32 heavy (non-hydrogen) atoms. The standard InChI is InChI=1S/C22H25F3N4O3/c1-3-4-12-21(27-28-21)13-11-18(30)29-14-7-9-16(26-20(31)22(23,24)25)19(29)15-8-5-6-10-17(15)32-2/h1,5-6,8,10,16,19H,4,7,9,11-14H2,2H3,(H,26,31)/t16-,19-/m1/s1. The molecule has 0 radical (unpaired) electrons. The van der Waals surface area contributed by atoms with Gasteiger partial charge in [0.15, 0.2) is 5.66 Å². The Morgan fingerprint density at radius 2 is 2.03 bits per heavy atom. The number of ether oxygens (including phenoxy) is 1. The van der Waals surface area contributed by atoms with Gasteiger partial charge >= 0.3 is 12.1 Å². The summed E-state index contributed by atoms with van der Waals surface area (Å²) in [5, 5.41) is 10.1. The van der Waals surface area contributed by atoms with E-state index in [1.165, 1.54) is 12.0 Å². The summed E-state index contributed by atoms with van der Waals surface area (Å²) >= 11 is 0. The Balaban J connectivity index is 1.83. The number of benzene rings is 1. The van der Waals surface area contributed by atoms with Crippen LogP contribution in [0.4, 0.5) is 13.2 Å². The summed E-state index contributed by atoms with van der Waals surface area (Å²) in [7, 11) is 1.45. The van der Waals surface area contributed by atoms with Crippen molar-refractivity contribution in [1.82, 2.24) is 10.2 Å². The average Bonchev–Trinajstić information content (AvgIpc) is 3.55. The van der Waals surface area contributed by atoms with Crippen molar-refractivity contribution in [1.29, 1.82) is 0 Å². The van der Waals surface area contributed by atoms with Crippen LogP contribution in [-0.4, -0.2) is 48.2 Å². The minimum atomic E-state index is -5.02. The molecule has 0 spiro atoms. The van der Waals surface area contributed by atoms with Gasteiger partial charge in [0, 0.05) is 37.8 Å². The fourth-order valence-electron chi connectivity index (χ4n) is 4.09. The van der Waals surface area contributed by atoms with Crippen molar-refractivity contribution in [3.63, 3.8) is 0 Å². The number of piperidine rings is 1. The third-order valence-corrected chi connectivity index (χ3v) is 5.77. The van der Waals surface area contributed by atoms with E-state index in [1.807, 2.05) is 0 Å². The van der Waals surface area contributed by atoms with Gasteiger partial charge in [0.2, 0.25) is 5.91 Å². The van der Waals surface area contributed by atoms with Gasteiger partial charge in [-0.25, -0.2) is 0 Å². The largest absolute Gasteiger partial charge is 0.496 e. The number of methoxy groups -OCH3 is 1. The first-order valence-corrected chi connectivity index (χ1v) is 10.4. The van der Waals surface area contributed by atoms with Crippen LogP contribution in [0.25, 0.3) is 0 Å².